The van der Waals surface area contributed by atoms with E-state index >= 15 is 0 Å². The summed E-state index contributed by atoms with van der Waals surface area (Å²) >= 11 is 1.48. The van der Waals surface area contributed by atoms with Gasteiger partial charge in [-0.2, -0.15) is 0 Å². The fourth-order valence-corrected chi connectivity index (χ4v) is 3.77. The van der Waals surface area contributed by atoms with E-state index in [4.69, 9.17) is 5.73 Å². The minimum Gasteiger partial charge on any atom is -0.330 e. The van der Waals surface area contributed by atoms with Crippen LogP contribution in [0.2, 0.25) is 0 Å². The lowest BCUT2D eigenvalue weighted by atomic mass is 10.0. The number of thiophene rings is 1. The van der Waals surface area contributed by atoms with Gasteiger partial charge in [0.1, 0.15) is 4.70 Å². The fourth-order valence-electron chi connectivity index (χ4n) is 2.96. The summed E-state index contributed by atoms with van der Waals surface area (Å²) in [6.07, 6.45) is 0.898. The molecule has 0 atom stereocenters. The van der Waals surface area contributed by atoms with Gasteiger partial charge in [-0.3, -0.25) is 4.79 Å². The van der Waals surface area contributed by atoms with Crippen molar-refractivity contribution in [1.82, 2.24) is 4.98 Å². The predicted octanol–water partition coefficient (Wildman–Crippen LogP) is 3.91. The molecule has 0 aliphatic carbocycles. The molecule has 4 rings (SSSR count). The Kier molecular flexibility index (Phi) is 3.48. The Hall–Kier alpha value is -2.43. The molecule has 2 heterocycles. The van der Waals surface area contributed by atoms with Crippen molar-refractivity contribution >= 4 is 32.3 Å². The van der Waals surface area contributed by atoms with Crippen LogP contribution in [0.1, 0.15) is 5.56 Å². The molecule has 4 heteroatoms. The highest BCUT2D eigenvalue weighted by Crippen LogP contribution is 2.29. The highest BCUT2D eigenvalue weighted by molar-refractivity contribution is 7.17. The molecule has 3 nitrogen and oxygen atoms in total. The third kappa shape index (κ3) is 2.46. The Balaban J connectivity index is 1.88. The van der Waals surface area contributed by atoms with Gasteiger partial charge in [-0.1, -0.05) is 30.3 Å². The first-order chi connectivity index (χ1) is 11.3. The van der Waals surface area contributed by atoms with Crippen molar-refractivity contribution in [2.24, 2.45) is 5.73 Å². The number of aromatic amines is 1. The van der Waals surface area contributed by atoms with Crippen LogP contribution in [0.5, 0.6) is 0 Å². The number of nitrogens with one attached hydrogen (secondary N) is 1. The summed E-state index contributed by atoms with van der Waals surface area (Å²) in [6.45, 7) is 0.665. The lowest BCUT2D eigenvalue weighted by molar-refractivity contribution is 0.969. The first kappa shape index (κ1) is 14.2. The summed E-state index contributed by atoms with van der Waals surface area (Å²) in [4.78, 5) is 15.0. The number of hydrogen-bond acceptors (Lipinski definition) is 3. The SMILES string of the molecule is NCCc1ccc(-c2ccc3[nH]c(=O)c4sccc4c3c2)cc1. The molecule has 2 aromatic heterocycles. The van der Waals surface area contributed by atoms with E-state index in [1.54, 1.807) is 0 Å². The molecule has 0 aliphatic heterocycles. The molecule has 0 saturated heterocycles. The molecule has 0 spiro atoms. The summed E-state index contributed by atoms with van der Waals surface area (Å²) in [6, 6.07) is 16.7. The second kappa shape index (κ2) is 5.65. The van der Waals surface area contributed by atoms with E-state index < -0.39 is 0 Å². The van der Waals surface area contributed by atoms with Crippen molar-refractivity contribution in [2.75, 3.05) is 6.54 Å². The molecule has 0 aliphatic rings. The molecule has 23 heavy (non-hydrogen) atoms. The smallest absolute Gasteiger partial charge is 0.266 e. The van der Waals surface area contributed by atoms with Gasteiger partial charge in [0.2, 0.25) is 0 Å². The van der Waals surface area contributed by atoms with E-state index in [9.17, 15) is 4.79 Å². The molecule has 2 aromatic carbocycles. The van der Waals surface area contributed by atoms with Gasteiger partial charge < -0.3 is 10.7 Å². The van der Waals surface area contributed by atoms with Crippen LogP contribution in [-0.2, 0) is 6.42 Å². The summed E-state index contributed by atoms with van der Waals surface area (Å²) in [5, 5.41) is 4.08. The minimum absolute atomic E-state index is 0.0126. The highest BCUT2D eigenvalue weighted by atomic mass is 32.1. The summed E-state index contributed by atoms with van der Waals surface area (Å²) < 4.78 is 0.785. The van der Waals surface area contributed by atoms with Gasteiger partial charge in [-0.25, -0.2) is 0 Å². The topological polar surface area (TPSA) is 58.9 Å². The standard InChI is InChI=1S/C19H16N2OS/c20-9-7-12-1-3-13(4-2-12)14-5-6-17-16(11-14)15-8-10-23-18(15)19(22)21-17/h1-6,8,10-11H,7,9,20H2,(H,21,22). The van der Waals surface area contributed by atoms with Crippen molar-refractivity contribution in [3.63, 3.8) is 0 Å². The van der Waals surface area contributed by atoms with Crippen LogP contribution in [0.25, 0.3) is 32.1 Å². The van der Waals surface area contributed by atoms with Gasteiger partial charge in [-0.15, -0.1) is 11.3 Å². The van der Waals surface area contributed by atoms with E-state index in [-0.39, 0.29) is 5.56 Å². The van der Waals surface area contributed by atoms with E-state index in [0.717, 1.165) is 33.0 Å². The molecule has 0 fully saturated rings. The molecule has 0 amide bonds. The van der Waals surface area contributed by atoms with E-state index in [1.165, 1.54) is 22.5 Å². The average molecular weight is 320 g/mol. The van der Waals surface area contributed by atoms with Gasteiger partial charge in [0.25, 0.3) is 5.56 Å². The second-order valence-electron chi connectivity index (χ2n) is 5.61. The molecule has 0 bridgehead atoms. The number of benzene rings is 2. The maximum atomic E-state index is 12.1. The van der Waals surface area contributed by atoms with E-state index in [0.29, 0.717) is 6.54 Å². The third-order valence-electron chi connectivity index (χ3n) is 4.15. The molecule has 0 unspecified atom stereocenters. The Bertz CT molecular complexity index is 1040. The lowest BCUT2D eigenvalue weighted by Gasteiger charge is -2.06. The zero-order valence-electron chi connectivity index (χ0n) is 12.5. The molecular weight excluding hydrogens is 304 g/mol. The molecule has 114 valence electrons. The Morgan fingerprint density at radius 3 is 2.52 bits per heavy atom. The van der Waals surface area contributed by atoms with Gasteiger partial charge in [0.15, 0.2) is 0 Å². The highest BCUT2D eigenvalue weighted by Gasteiger charge is 2.08. The quantitative estimate of drug-likeness (QED) is 0.601. The van der Waals surface area contributed by atoms with Crippen molar-refractivity contribution in [3.05, 3.63) is 69.8 Å². The van der Waals surface area contributed by atoms with E-state index in [1.807, 2.05) is 17.5 Å². The number of aromatic nitrogens is 1. The van der Waals surface area contributed by atoms with Crippen molar-refractivity contribution in [2.45, 2.75) is 6.42 Å². The number of fused-ring (bicyclic) bond motifs is 3. The zero-order chi connectivity index (χ0) is 15.8. The Morgan fingerprint density at radius 1 is 0.957 bits per heavy atom. The van der Waals surface area contributed by atoms with Crippen LogP contribution >= 0.6 is 11.3 Å². The second-order valence-corrected chi connectivity index (χ2v) is 6.53. The molecule has 3 N–H and O–H groups in total. The number of pyridine rings is 1. The monoisotopic (exact) mass is 320 g/mol. The van der Waals surface area contributed by atoms with Crippen LogP contribution < -0.4 is 11.3 Å². The number of H-pyrrole nitrogens is 1. The fraction of sp³-hybridized carbons (Fsp3) is 0.105. The summed E-state index contributed by atoms with van der Waals surface area (Å²) in [5.74, 6) is 0. The average Bonchev–Trinajstić information content (AvgIpc) is 3.06. The number of rotatable bonds is 3. The van der Waals surface area contributed by atoms with Gasteiger partial charge in [0, 0.05) is 16.3 Å². The third-order valence-corrected chi connectivity index (χ3v) is 5.06. The minimum atomic E-state index is -0.0126. The number of nitrogens with two attached hydrogens (primary N) is 1. The van der Waals surface area contributed by atoms with Gasteiger partial charge in [0.05, 0.1) is 0 Å². The van der Waals surface area contributed by atoms with Crippen LogP contribution in [-0.4, -0.2) is 11.5 Å². The first-order valence-corrected chi connectivity index (χ1v) is 8.47. The molecule has 0 saturated carbocycles. The van der Waals surface area contributed by atoms with Crippen molar-refractivity contribution in [3.8, 4) is 11.1 Å². The molecule has 4 aromatic rings. The van der Waals surface area contributed by atoms with Gasteiger partial charge >= 0.3 is 0 Å². The molecular formula is C19H16N2OS. The van der Waals surface area contributed by atoms with Crippen molar-refractivity contribution in [1.29, 1.82) is 0 Å². The van der Waals surface area contributed by atoms with Crippen LogP contribution in [0.4, 0.5) is 0 Å². The van der Waals surface area contributed by atoms with Crippen LogP contribution in [0.3, 0.4) is 0 Å². The molecule has 0 radical (unpaired) electrons. The Labute approximate surface area is 137 Å². The normalized spacial score (nSPS) is 11.3. The zero-order valence-corrected chi connectivity index (χ0v) is 13.3. The van der Waals surface area contributed by atoms with Crippen molar-refractivity contribution < 1.29 is 0 Å². The van der Waals surface area contributed by atoms with Crippen LogP contribution in [0, 0.1) is 0 Å². The maximum Gasteiger partial charge on any atom is 0.266 e. The summed E-state index contributed by atoms with van der Waals surface area (Å²) in [7, 11) is 0. The summed E-state index contributed by atoms with van der Waals surface area (Å²) in [5.41, 5.74) is 10.0. The Morgan fingerprint density at radius 2 is 1.74 bits per heavy atom. The lowest BCUT2D eigenvalue weighted by Crippen LogP contribution is -2.04. The van der Waals surface area contributed by atoms with Crippen LogP contribution in [0.15, 0.2) is 58.7 Å². The van der Waals surface area contributed by atoms with E-state index in [2.05, 4.69) is 41.4 Å². The first-order valence-electron chi connectivity index (χ1n) is 7.59. The predicted molar refractivity (Wildman–Crippen MR) is 98.1 cm³/mol. The maximum absolute atomic E-state index is 12.1. The number of hydrogen-bond donors (Lipinski definition) is 2. The largest absolute Gasteiger partial charge is 0.330 e. The van der Waals surface area contributed by atoms with Gasteiger partial charge in [-0.05, 0) is 53.2 Å².